The second kappa shape index (κ2) is 5.02. The van der Waals surface area contributed by atoms with Crippen molar-refractivity contribution >= 4 is 17.3 Å². The molecule has 2 N–H and O–H groups in total. The van der Waals surface area contributed by atoms with Gasteiger partial charge >= 0.3 is 0 Å². The van der Waals surface area contributed by atoms with Gasteiger partial charge in [0.05, 0.1) is 17.3 Å². The van der Waals surface area contributed by atoms with Gasteiger partial charge in [-0.15, -0.1) is 0 Å². The van der Waals surface area contributed by atoms with Crippen LogP contribution in [0.3, 0.4) is 0 Å². The average molecular weight is 243 g/mol. The summed E-state index contributed by atoms with van der Waals surface area (Å²) in [6.07, 6.45) is 1.50. The van der Waals surface area contributed by atoms with E-state index in [1.54, 1.807) is 6.07 Å². The summed E-state index contributed by atoms with van der Waals surface area (Å²) in [7, 11) is 0. The molecule has 1 saturated heterocycles. The minimum absolute atomic E-state index is 0.309. The molecule has 0 aromatic heterocycles. The highest BCUT2D eigenvalue weighted by molar-refractivity contribution is 6.33. The van der Waals surface area contributed by atoms with Crippen LogP contribution in [0.15, 0.2) is 24.3 Å². The Morgan fingerprint density at radius 2 is 2.25 bits per heavy atom. The Balaban J connectivity index is 1.94. The van der Waals surface area contributed by atoms with Crippen molar-refractivity contribution in [1.29, 1.82) is 0 Å². The molecular weight excluding hydrogens is 227 g/mol. The second-order valence-corrected chi connectivity index (χ2v) is 4.67. The summed E-state index contributed by atoms with van der Waals surface area (Å²) in [4.78, 5) is 0. The van der Waals surface area contributed by atoms with Gasteiger partial charge in [0.1, 0.15) is 5.67 Å². The van der Waals surface area contributed by atoms with Crippen LogP contribution in [-0.2, 0) is 0 Å². The summed E-state index contributed by atoms with van der Waals surface area (Å²) >= 11 is 5.99. The van der Waals surface area contributed by atoms with E-state index in [9.17, 15) is 4.39 Å². The zero-order valence-corrected chi connectivity index (χ0v) is 9.86. The molecule has 88 valence electrons. The van der Waals surface area contributed by atoms with E-state index in [0.717, 1.165) is 18.7 Å². The maximum Gasteiger partial charge on any atom is 0.140 e. The molecule has 1 aromatic rings. The summed E-state index contributed by atoms with van der Waals surface area (Å²) in [6.45, 7) is 1.64. The lowest BCUT2D eigenvalue weighted by Crippen LogP contribution is -2.46. The number of hydrogen-bond donors (Lipinski definition) is 2. The fourth-order valence-corrected chi connectivity index (χ4v) is 2.14. The van der Waals surface area contributed by atoms with E-state index in [1.807, 2.05) is 18.2 Å². The van der Waals surface area contributed by atoms with Gasteiger partial charge in [0.15, 0.2) is 0 Å². The maximum absolute atomic E-state index is 14.2. The number of rotatable bonds is 3. The zero-order chi connectivity index (χ0) is 11.4. The van der Waals surface area contributed by atoms with Crippen LogP contribution in [0, 0.1) is 0 Å². The summed E-state index contributed by atoms with van der Waals surface area (Å²) in [5, 5.41) is 6.79. The molecule has 1 aliphatic rings. The highest BCUT2D eigenvalue weighted by Crippen LogP contribution is 2.25. The predicted molar refractivity (Wildman–Crippen MR) is 65.9 cm³/mol. The van der Waals surface area contributed by atoms with Crippen molar-refractivity contribution < 1.29 is 4.39 Å². The number of piperidine rings is 1. The summed E-state index contributed by atoms with van der Waals surface area (Å²) in [5.41, 5.74) is -0.357. The van der Waals surface area contributed by atoms with Crippen LogP contribution in [0.5, 0.6) is 0 Å². The van der Waals surface area contributed by atoms with E-state index in [4.69, 9.17) is 11.6 Å². The van der Waals surface area contributed by atoms with E-state index in [2.05, 4.69) is 10.6 Å². The largest absolute Gasteiger partial charge is 0.381 e. The third kappa shape index (κ3) is 2.86. The molecule has 1 heterocycles. The highest BCUT2D eigenvalue weighted by atomic mass is 35.5. The van der Waals surface area contributed by atoms with Crippen LogP contribution < -0.4 is 10.6 Å². The Hall–Kier alpha value is -0.800. The van der Waals surface area contributed by atoms with E-state index in [1.165, 1.54) is 0 Å². The van der Waals surface area contributed by atoms with Gasteiger partial charge < -0.3 is 10.6 Å². The number of halogens is 2. The van der Waals surface area contributed by atoms with Gasteiger partial charge in [0, 0.05) is 6.54 Å². The highest BCUT2D eigenvalue weighted by Gasteiger charge is 2.31. The number of anilines is 1. The SMILES string of the molecule is FC1(CNc2ccccc2Cl)CCCNC1. The van der Waals surface area contributed by atoms with Crippen LogP contribution in [0.2, 0.25) is 5.02 Å². The summed E-state index contributed by atoms with van der Waals surface area (Å²) < 4.78 is 14.2. The van der Waals surface area contributed by atoms with Crippen molar-refractivity contribution in [3.05, 3.63) is 29.3 Å². The number of benzene rings is 1. The van der Waals surface area contributed by atoms with E-state index < -0.39 is 5.67 Å². The minimum Gasteiger partial charge on any atom is -0.381 e. The first-order valence-electron chi connectivity index (χ1n) is 5.58. The van der Waals surface area contributed by atoms with Crippen LogP contribution in [0.4, 0.5) is 10.1 Å². The zero-order valence-electron chi connectivity index (χ0n) is 9.10. The Kier molecular flexibility index (Phi) is 3.66. The van der Waals surface area contributed by atoms with Gasteiger partial charge in [0.25, 0.3) is 0 Å². The Morgan fingerprint density at radius 1 is 1.44 bits per heavy atom. The minimum atomic E-state index is -1.16. The first-order chi connectivity index (χ1) is 7.70. The van der Waals surface area contributed by atoms with Crippen molar-refractivity contribution in [3.8, 4) is 0 Å². The predicted octanol–water partition coefficient (Wildman–Crippen LogP) is 2.84. The third-order valence-electron chi connectivity index (χ3n) is 2.89. The van der Waals surface area contributed by atoms with Gasteiger partial charge in [-0.3, -0.25) is 0 Å². The molecule has 0 bridgehead atoms. The first kappa shape index (κ1) is 11.7. The molecule has 1 fully saturated rings. The smallest absolute Gasteiger partial charge is 0.140 e. The van der Waals surface area contributed by atoms with Crippen LogP contribution in [0.25, 0.3) is 0 Å². The topological polar surface area (TPSA) is 24.1 Å². The molecular formula is C12H16ClFN2. The maximum atomic E-state index is 14.2. The van der Waals surface area contributed by atoms with Crippen molar-refractivity contribution in [2.45, 2.75) is 18.5 Å². The van der Waals surface area contributed by atoms with E-state index >= 15 is 0 Å². The van der Waals surface area contributed by atoms with Crippen LogP contribution in [-0.4, -0.2) is 25.3 Å². The van der Waals surface area contributed by atoms with Gasteiger partial charge in [-0.25, -0.2) is 4.39 Å². The molecule has 2 rings (SSSR count). The van der Waals surface area contributed by atoms with E-state index in [-0.39, 0.29) is 0 Å². The second-order valence-electron chi connectivity index (χ2n) is 4.26. The molecule has 1 aromatic carbocycles. The first-order valence-corrected chi connectivity index (χ1v) is 5.95. The lowest BCUT2D eigenvalue weighted by Gasteiger charge is -2.30. The summed E-state index contributed by atoms with van der Waals surface area (Å²) in [5.74, 6) is 0. The number of para-hydroxylation sites is 1. The molecule has 2 nitrogen and oxygen atoms in total. The molecule has 1 unspecified atom stereocenters. The number of alkyl halides is 1. The molecule has 0 radical (unpaired) electrons. The molecule has 0 amide bonds. The summed E-state index contributed by atoms with van der Waals surface area (Å²) in [6, 6.07) is 7.41. The fraction of sp³-hybridized carbons (Fsp3) is 0.500. The Bertz CT molecular complexity index is 351. The van der Waals surface area contributed by atoms with Crippen molar-refractivity contribution in [2.24, 2.45) is 0 Å². The van der Waals surface area contributed by atoms with Crippen molar-refractivity contribution in [3.63, 3.8) is 0 Å². The quantitative estimate of drug-likeness (QED) is 0.852. The van der Waals surface area contributed by atoms with Gasteiger partial charge in [-0.2, -0.15) is 0 Å². The van der Waals surface area contributed by atoms with Gasteiger partial charge in [-0.1, -0.05) is 23.7 Å². The molecule has 4 heteroatoms. The molecule has 1 aliphatic heterocycles. The number of nitrogens with one attached hydrogen (secondary N) is 2. The molecule has 1 atom stereocenters. The number of hydrogen-bond acceptors (Lipinski definition) is 2. The van der Waals surface area contributed by atoms with Gasteiger partial charge in [-0.05, 0) is 31.5 Å². The van der Waals surface area contributed by atoms with Crippen LogP contribution in [0.1, 0.15) is 12.8 Å². The Morgan fingerprint density at radius 3 is 2.94 bits per heavy atom. The van der Waals surface area contributed by atoms with Crippen LogP contribution >= 0.6 is 11.6 Å². The lowest BCUT2D eigenvalue weighted by atomic mass is 9.96. The third-order valence-corrected chi connectivity index (χ3v) is 3.22. The Labute approximate surface area is 100 Å². The molecule has 0 saturated carbocycles. The van der Waals surface area contributed by atoms with Crippen molar-refractivity contribution in [1.82, 2.24) is 5.32 Å². The monoisotopic (exact) mass is 242 g/mol. The van der Waals surface area contributed by atoms with E-state index in [0.29, 0.717) is 24.5 Å². The molecule has 16 heavy (non-hydrogen) atoms. The lowest BCUT2D eigenvalue weighted by molar-refractivity contribution is 0.137. The molecule has 0 aliphatic carbocycles. The normalized spacial score (nSPS) is 25.4. The van der Waals surface area contributed by atoms with Crippen molar-refractivity contribution in [2.75, 3.05) is 25.0 Å². The average Bonchev–Trinajstić information content (AvgIpc) is 2.29. The standard InChI is InChI=1S/C12H16ClFN2/c13-10-4-1-2-5-11(10)16-9-12(14)6-3-7-15-8-12/h1-2,4-5,15-16H,3,6-9H2. The van der Waals surface area contributed by atoms with Gasteiger partial charge in [0.2, 0.25) is 0 Å². The fourth-order valence-electron chi connectivity index (χ4n) is 1.94. The molecule has 0 spiro atoms.